The second kappa shape index (κ2) is 5.94. The predicted molar refractivity (Wildman–Crippen MR) is 68.9 cm³/mol. The second-order valence-corrected chi connectivity index (χ2v) is 6.52. The van der Waals surface area contributed by atoms with Crippen molar-refractivity contribution in [2.45, 2.75) is 36.8 Å². The first-order chi connectivity index (χ1) is 9.46. The van der Waals surface area contributed by atoms with Crippen molar-refractivity contribution in [3.8, 4) is 0 Å². The standard InChI is InChI=1S/C12H17NO6S/c14-8-7-13(9-3-1-2-4-9)20(17,18)11-6-5-10(19-11)12(15)16/h5-6,9,14H,1-4,7-8H2,(H,15,16). The number of hydrogen-bond donors (Lipinski definition) is 2. The number of furan rings is 1. The van der Waals surface area contributed by atoms with E-state index in [2.05, 4.69) is 0 Å². The monoisotopic (exact) mass is 303 g/mol. The molecule has 0 spiro atoms. The highest BCUT2D eigenvalue weighted by molar-refractivity contribution is 7.89. The van der Waals surface area contributed by atoms with E-state index in [1.165, 1.54) is 4.31 Å². The van der Waals surface area contributed by atoms with E-state index in [1.54, 1.807) is 0 Å². The number of aliphatic hydroxyl groups is 1. The van der Waals surface area contributed by atoms with Crippen LogP contribution >= 0.6 is 0 Å². The lowest BCUT2D eigenvalue weighted by atomic mass is 10.2. The molecule has 7 nitrogen and oxygen atoms in total. The fraction of sp³-hybridized carbons (Fsp3) is 0.583. The van der Waals surface area contributed by atoms with Gasteiger partial charge in [0.25, 0.3) is 10.0 Å². The van der Waals surface area contributed by atoms with Crippen LogP contribution in [0.2, 0.25) is 0 Å². The van der Waals surface area contributed by atoms with Crippen molar-refractivity contribution >= 4 is 16.0 Å². The molecule has 0 radical (unpaired) electrons. The van der Waals surface area contributed by atoms with Crippen LogP contribution in [0.15, 0.2) is 21.6 Å². The van der Waals surface area contributed by atoms with Crippen molar-refractivity contribution < 1.29 is 27.8 Å². The fourth-order valence-electron chi connectivity index (χ4n) is 2.48. The lowest BCUT2D eigenvalue weighted by Crippen LogP contribution is -2.40. The Morgan fingerprint density at radius 1 is 1.35 bits per heavy atom. The Kier molecular flexibility index (Phi) is 4.46. The van der Waals surface area contributed by atoms with Gasteiger partial charge in [-0.25, -0.2) is 13.2 Å². The van der Waals surface area contributed by atoms with Gasteiger partial charge in [0.1, 0.15) is 0 Å². The van der Waals surface area contributed by atoms with Gasteiger partial charge in [0.15, 0.2) is 0 Å². The smallest absolute Gasteiger partial charge is 0.371 e. The molecule has 0 amide bonds. The van der Waals surface area contributed by atoms with Gasteiger partial charge in [-0.15, -0.1) is 0 Å². The number of carbonyl (C=O) groups is 1. The van der Waals surface area contributed by atoms with Crippen molar-refractivity contribution in [1.82, 2.24) is 4.31 Å². The Bertz CT molecular complexity index is 573. The van der Waals surface area contributed by atoms with Crippen molar-refractivity contribution in [3.63, 3.8) is 0 Å². The molecule has 1 aromatic heterocycles. The molecule has 0 aromatic carbocycles. The summed E-state index contributed by atoms with van der Waals surface area (Å²) < 4.78 is 31.0. The molecule has 0 bridgehead atoms. The molecule has 0 atom stereocenters. The van der Waals surface area contributed by atoms with Gasteiger partial charge in [-0.05, 0) is 25.0 Å². The summed E-state index contributed by atoms with van der Waals surface area (Å²) >= 11 is 0. The molecule has 0 aliphatic heterocycles. The van der Waals surface area contributed by atoms with Gasteiger partial charge in [0.05, 0.1) is 6.61 Å². The summed E-state index contributed by atoms with van der Waals surface area (Å²) in [5.41, 5.74) is 0. The maximum Gasteiger partial charge on any atom is 0.371 e. The summed E-state index contributed by atoms with van der Waals surface area (Å²) in [5, 5.41) is 17.5. The number of hydrogen-bond acceptors (Lipinski definition) is 5. The Morgan fingerprint density at radius 3 is 2.50 bits per heavy atom. The molecule has 0 unspecified atom stereocenters. The Morgan fingerprint density at radius 2 is 2.00 bits per heavy atom. The van der Waals surface area contributed by atoms with E-state index in [0.717, 1.165) is 37.8 Å². The van der Waals surface area contributed by atoms with Gasteiger partial charge in [-0.2, -0.15) is 4.31 Å². The van der Waals surface area contributed by atoms with Gasteiger partial charge in [-0.3, -0.25) is 0 Å². The van der Waals surface area contributed by atoms with Gasteiger partial charge in [0.2, 0.25) is 10.9 Å². The molecule has 1 heterocycles. The molecular formula is C12H17NO6S. The van der Waals surface area contributed by atoms with Crippen LogP contribution in [0.25, 0.3) is 0 Å². The van der Waals surface area contributed by atoms with E-state index in [1.807, 2.05) is 0 Å². The summed E-state index contributed by atoms with van der Waals surface area (Å²) in [5.74, 6) is -1.74. The first kappa shape index (κ1) is 15.0. The molecule has 1 aromatic rings. The third kappa shape index (κ3) is 2.87. The molecule has 1 aliphatic rings. The zero-order chi connectivity index (χ0) is 14.8. The van der Waals surface area contributed by atoms with Crippen LogP contribution in [0.4, 0.5) is 0 Å². The molecule has 1 aliphatic carbocycles. The molecule has 8 heteroatoms. The van der Waals surface area contributed by atoms with Gasteiger partial charge in [0, 0.05) is 12.6 Å². The molecular weight excluding hydrogens is 286 g/mol. The minimum atomic E-state index is -3.92. The molecule has 0 saturated heterocycles. The Labute approximate surface area is 116 Å². The van der Waals surface area contributed by atoms with E-state index in [4.69, 9.17) is 14.6 Å². The number of sulfonamides is 1. The third-order valence-corrected chi connectivity index (χ3v) is 5.23. The quantitative estimate of drug-likeness (QED) is 0.808. The number of carboxylic acid groups (broad SMARTS) is 1. The van der Waals surface area contributed by atoms with Crippen molar-refractivity contribution in [1.29, 1.82) is 0 Å². The largest absolute Gasteiger partial charge is 0.475 e. The zero-order valence-electron chi connectivity index (χ0n) is 10.9. The van der Waals surface area contributed by atoms with Crippen molar-refractivity contribution in [2.24, 2.45) is 0 Å². The maximum atomic E-state index is 12.5. The molecule has 1 fully saturated rings. The highest BCUT2D eigenvalue weighted by Crippen LogP contribution is 2.29. The summed E-state index contributed by atoms with van der Waals surface area (Å²) in [4.78, 5) is 10.8. The maximum absolute atomic E-state index is 12.5. The average molecular weight is 303 g/mol. The summed E-state index contributed by atoms with van der Waals surface area (Å²) in [6, 6.07) is 2.09. The summed E-state index contributed by atoms with van der Waals surface area (Å²) in [6.07, 6.45) is 3.37. The van der Waals surface area contributed by atoms with Crippen LogP contribution in [0.5, 0.6) is 0 Å². The lowest BCUT2D eigenvalue weighted by Gasteiger charge is -2.26. The van der Waals surface area contributed by atoms with E-state index in [-0.39, 0.29) is 19.2 Å². The van der Waals surface area contributed by atoms with E-state index in [0.29, 0.717) is 0 Å². The van der Waals surface area contributed by atoms with Crippen LogP contribution in [0, 0.1) is 0 Å². The highest BCUT2D eigenvalue weighted by Gasteiger charge is 2.35. The molecule has 112 valence electrons. The van der Waals surface area contributed by atoms with Crippen molar-refractivity contribution in [2.75, 3.05) is 13.2 Å². The number of rotatable bonds is 6. The first-order valence-electron chi connectivity index (χ1n) is 6.42. The molecule has 20 heavy (non-hydrogen) atoms. The highest BCUT2D eigenvalue weighted by atomic mass is 32.2. The SMILES string of the molecule is O=C(O)c1ccc(S(=O)(=O)N(CCO)C2CCCC2)o1. The van der Waals surface area contributed by atoms with E-state index < -0.39 is 26.8 Å². The Balaban J connectivity index is 2.31. The number of carboxylic acids is 1. The average Bonchev–Trinajstić information content (AvgIpc) is 3.06. The number of nitrogens with zero attached hydrogens (tertiary/aromatic N) is 1. The topological polar surface area (TPSA) is 108 Å². The lowest BCUT2D eigenvalue weighted by molar-refractivity contribution is 0.0656. The second-order valence-electron chi connectivity index (χ2n) is 4.70. The number of aliphatic hydroxyl groups excluding tert-OH is 1. The minimum absolute atomic E-state index is 0.0178. The normalized spacial score (nSPS) is 16.9. The van der Waals surface area contributed by atoms with Crippen molar-refractivity contribution in [3.05, 3.63) is 17.9 Å². The minimum Gasteiger partial charge on any atom is -0.475 e. The zero-order valence-corrected chi connectivity index (χ0v) is 11.7. The third-order valence-electron chi connectivity index (χ3n) is 3.41. The van der Waals surface area contributed by atoms with Gasteiger partial charge < -0.3 is 14.6 Å². The molecule has 2 rings (SSSR count). The van der Waals surface area contributed by atoms with E-state index >= 15 is 0 Å². The Hall–Kier alpha value is -1.38. The van der Waals surface area contributed by atoms with Crippen LogP contribution in [-0.4, -0.2) is 48.1 Å². The van der Waals surface area contributed by atoms with Crippen LogP contribution in [0.3, 0.4) is 0 Å². The first-order valence-corrected chi connectivity index (χ1v) is 7.86. The van der Waals surface area contributed by atoms with E-state index in [9.17, 15) is 13.2 Å². The van der Waals surface area contributed by atoms with Gasteiger partial charge >= 0.3 is 5.97 Å². The predicted octanol–water partition coefficient (Wildman–Crippen LogP) is 0.903. The van der Waals surface area contributed by atoms with Crippen LogP contribution < -0.4 is 0 Å². The summed E-state index contributed by atoms with van der Waals surface area (Å²) in [7, 11) is -3.92. The van der Waals surface area contributed by atoms with Gasteiger partial charge in [-0.1, -0.05) is 12.8 Å². The van der Waals surface area contributed by atoms with Crippen LogP contribution in [0.1, 0.15) is 36.2 Å². The molecule has 1 saturated carbocycles. The summed E-state index contributed by atoms with van der Waals surface area (Å²) in [6.45, 7) is -0.307. The van der Waals surface area contributed by atoms with Crippen LogP contribution in [-0.2, 0) is 10.0 Å². The fourth-order valence-corrected chi connectivity index (χ4v) is 4.07. The number of aromatic carboxylic acids is 1. The molecule has 2 N–H and O–H groups in total.